The van der Waals surface area contributed by atoms with Gasteiger partial charge in [0, 0.05) is 6.92 Å². The molecule has 3 N–H and O–H groups in total. The average molecular weight is 187 g/mol. The van der Waals surface area contributed by atoms with E-state index in [1.807, 2.05) is 0 Å². The number of carbonyl (C=O) groups excluding carboxylic acids is 1. The van der Waals surface area contributed by atoms with Crippen LogP contribution in [-0.2, 0) is 14.4 Å². The smallest absolute Gasteiger partial charge is 0.330 e. The second-order valence-corrected chi connectivity index (χ2v) is 3.05. The summed E-state index contributed by atoms with van der Waals surface area (Å²) in [6.45, 7) is 1.15. The first-order valence-electron chi connectivity index (χ1n) is 3.65. The van der Waals surface area contributed by atoms with Gasteiger partial charge in [0.1, 0.15) is 0 Å². The van der Waals surface area contributed by atoms with Gasteiger partial charge in [0.2, 0.25) is 5.91 Å². The number of carboxylic acid groups (broad SMARTS) is 2. The molecule has 0 bridgehead atoms. The predicted octanol–water partition coefficient (Wildman–Crippen LogP) is -0.950. The predicted molar refractivity (Wildman–Crippen MR) is 39.9 cm³/mol. The molecule has 1 aliphatic carbocycles. The summed E-state index contributed by atoms with van der Waals surface area (Å²) in [5, 5.41) is 19.4. The zero-order valence-electron chi connectivity index (χ0n) is 6.90. The van der Waals surface area contributed by atoms with Crippen LogP contribution in [-0.4, -0.2) is 33.6 Å². The van der Waals surface area contributed by atoms with Gasteiger partial charge in [0.25, 0.3) is 0 Å². The van der Waals surface area contributed by atoms with E-state index < -0.39 is 29.3 Å². The molecule has 0 aromatic heterocycles. The van der Waals surface area contributed by atoms with Crippen molar-refractivity contribution in [2.75, 3.05) is 0 Å². The fourth-order valence-corrected chi connectivity index (χ4v) is 1.30. The summed E-state index contributed by atoms with van der Waals surface area (Å²) in [4.78, 5) is 31.7. The van der Waals surface area contributed by atoms with Crippen molar-refractivity contribution in [1.29, 1.82) is 0 Å². The number of aliphatic carboxylic acids is 2. The summed E-state index contributed by atoms with van der Waals surface area (Å²) in [6, 6.07) is 0. The van der Waals surface area contributed by atoms with Crippen molar-refractivity contribution >= 4 is 17.8 Å². The highest BCUT2D eigenvalue weighted by Gasteiger charge is 2.65. The van der Waals surface area contributed by atoms with Crippen LogP contribution in [0.1, 0.15) is 13.3 Å². The molecule has 1 aliphatic rings. The first kappa shape index (κ1) is 9.50. The van der Waals surface area contributed by atoms with Crippen LogP contribution in [0.4, 0.5) is 0 Å². The molecule has 0 heterocycles. The minimum atomic E-state index is -1.57. The largest absolute Gasteiger partial charge is 0.481 e. The lowest BCUT2D eigenvalue weighted by Crippen LogP contribution is -2.45. The Balaban J connectivity index is 2.77. The minimum absolute atomic E-state index is 0.0444. The van der Waals surface area contributed by atoms with E-state index in [9.17, 15) is 14.4 Å². The zero-order valence-corrected chi connectivity index (χ0v) is 6.90. The molecule has 1 amide bonds. The normalized spacial score (nSPS) is 30.7. The molecular weight excluding hydrogens is 178 g/mol. The maximum absolute atomic E-state index is 10.7. The Morgan fingerprint density at radius 1 is 1.38 bits per heavy atom. The second kappa shape index (κ2) is 2.72. The van der Waals surface area contributed by atoms with E-state index in [1.54, 1.807) is 0 Å². The summed E-state index contributed by atoms with van der Waals surface area (Å²) < 4.78 is 0. The van der Waals surface area contributed by atoms with Crippen LogP contribution in [0.3, 0.4) is 0 Å². The fraction of sp³-hybridized carbons (Fsp3) is 0.571. The number of carbonyl (C=O) groups is 3. The highest BCUT2D eigenvalue weighted by atomic mass is 16.4. The molecule has 13 heavy (non-hydrogen) atoms. The molecule has 0 aromatic carbocycles. The summed E-state index contributed by atoms with van der Waals surface area (Å²) in [7, 11) is 0. The lowest BCUT2D eigenvalue weighted by Gasteiger charge is -2.11. The average Bonchev–Trinajstić information content (AvgIpc) is 2.62. The highest BCUT2D eigenvalue weighted by Crippen LogP contribution is 2.43. The Kier molecular flexibility index (Phi) is 1.99. The Morgan fingerprint density at radius 2 is 1.92 bits per heavy atom. The van der Waals surface area contributed by atoms with E-state index >= 15 is 0 Å². The van der Waals surface area contributed by atoms with Crippen LogP contribution in [0.25, 0.3) is 0 Å². The molecule has 0 spiro atoms. The van der Waals surface area contributed by atoms with Crippen LogP contribution in [0.5, 0.6) is 0 Å². The quantitative estimate of drug-likeness (QED) is 0.528. The summed E-state index contributed by atoms with van der Waals surface area (Å²) >= 11 is 0. The first-order chi connectivity index (χ1) is 5.90. The van der Waals surface area contributed by atoms with Crippen LogP contribution in [0.15, 0.2) is 0 Å². The van der Waals surface area contributed by atoms with E-state index in [1.165, 1.54) is 0 Å². The van der Waals surface area contributed by atoms with Gasteiger partial charge < -0.3 is 15.5 Å². The van der Waals surface area contributed by atoms with E-state index in [0.717, 1.165) is 6.92 Å². The molecule has 0 aliphatic heterocycles. The molecule has 1 rings (SSSR count). The van der Waals surface area contributed by atoms with Gasteiger partial charge in [-0.25, -0.2) is 4.79 Å². The van der Waals surface area contributed by atoms with E-state index in [2.05, 4.69) is 5.32 Å². The topological polar surface area (TPSA) is 104 Å². The van der Waals surface area contributed by atoms with Gasteiger partial charge in [-0.05, 0) is 6.42 Å². The van der Waals surface area contributed by atoms with Gasteiger partial charge in [-0.1, -0.05) is 0 Å². The maximum Gasteiger partial charge on any atom is 0.330 e. The first-order valence-corrected chi connectivity index (χ1v) is 3.65. The Labute approximate surface area is 73.5 Å². The standard InChI is InChI=1S/C7H9NO5/c1-3(9)8-7(6(12)13)2-4(7)5(10)11/h4H,2H2,1H3,(H,8,9)(H,10,11)(H,12,13). The summed E-state index contributed by atoms with van der Waals surface area (Å²) in [5.74, 6) is -4.04. The van der Waals surface area contributed by atoms with Gasteiger partial charge >= 0.3 is 11.9 Å². The molecule has 0 aromatic rings. The molecule has 6 nitrogen and oxygen atoms in total. The van der Waals surface area contributed by atoms with Crippen molar-refractivity contribution in [3.63, 3.8) is 0 Å². The lowest BCUT2D eigenvalue weighted by atomic mass is 10.2. The molecular formula is C7H9NO5. The van der Waals surface area contributed by atoms with Crippen LogP contribution < -0.4 is 5.32 Å². The monoisotopic (exact) mass is 187 g/mol. The van der Waals surface area contributed by atoms with Crippen molar-refractivity contribution in [1.82, 2.24) is 5.32 Å². The minimum Gasteiger partial charge on any atom is -0.481 e. The lowest BCUT2D eigenvalue weighted by molar-refractivity contribution is -0.147. The summed E-state index contributed by atoms with van der Waals surface area (Å²) in [5.41, 5.74) is -1.57. The molecule has 0 saturated heterocycles. The molecule has 72 valence electrons. The number of hydrogen-bond donors (Lipinski definition) is 3. The van der Waals surface area contributed by atoms with Gasteiger partial charge in [-0.3, -0.25) is 9.59 Å². The molecule has 2 unspecified atom stereocenters. The number of rotatable bonds is 3. The third-order valence-corrected chi connectivity index (χ3v) is 2.04. The van der Waals surface area contributed by atoms with Crippen molar-refractivity contribution in [2.24, 2.45) is 5.92 Å². The molecule has 1 saturated carbocycles. The molecule has 1 fully saturated rings. The van der Waals surface area contributed by atoms with Crippen molar-refractivity contribution < 1.29 is 24.6 Å². The zero-order chi connectivity index (χ0) is 10.2. The highest BCUT2D eigenvalue weighted by molar-refractivity contribution is 5.96. The number of carboxylic acids is 2. The Bertz CT molecular complexity index is 287. The third kappa shape index (κ3) is 1.47. The van der Waals surface area contributed by atoms with Gasteiger partial charge in [0.05, 0.1) is 5.92 Å². The number of hydrogen-bond acceptors (Lipinski definition) is 3. The van der Waals surface area contributed by atoms with Gasteiger partial charge in [-0.2, -0.15) is 0 Å². The SMILES string of the molecule is CC(=O)NC1(C(=O)O)CC1C(=O)O. The Hall–Kier alpha value is -1.59. The van der Waals surface area contributed by atoms with E-state index in [4.69, 9.17) is 10.2 Å². The van der Waals surface area contributed by atoms with Crippen molar-refractivity contribution in [2.45, 2.75) is 18.9 Å². The third-order valence-electron chi connectivity index (χ3n) is 2.04. The number of nitrogens with one attached hydrogen (secondary N) is 1. The van der Waals surface area contributed by atoms with Crippen LogP contribution in [0, 0.1) is 5.92 Å². The summed E-state index contributed by atoms with van der Waals surface area (Å²) in [6.07, 6.45) is -0.0444. The van der Waals surface area contributed by atoms with Crippen molar-refractivity contribution in [3.05, 3.63) is 0 Å². The molecule has 0 radical (unpaired) electrons. The van der Waals surface area contributed by atoms with Crippen LogP contribution >= 0.6 is 0 Å². The second-order valence-electron chi connectivity index (χ2n) is 3.05. The van der Waals surface area contributed by atoms with Gasteiger partial charge in [0.15, 0.2) is 5.54 Å². The fourth-order valence-electron chi connectivity index (χ4n) is 1.30. The number of amides is 1. The Morgan fingerprint density at radius 3 is 2.15 bits per heavy atom. The van der Waals surface area contributed by atoms with Gasteiger partial charge in [-0.15, -0.1) is 0 Å². The maximum atomic E-state index is 10.7. The molecule has 6 heteroatoms. The van der Waals surface area contributed by atoms with Crippen molar-refractivity contribution in [3.8, 4) is 0 Å². The van der Waals surface area contributed by atoms with E-state index in [-0.39, 0.29) is 6.42 Å². The van der Waals surface area contributed by atoms with E-state index in [0.29, 0.717) is 0 Å². The van der Waals surface area contributed by atoms with Crippen LogP contribution in [0.2, 0.25) is 0 Å². The molecule has 2 atom stereocenters.